The number of hydrogen-bond acceptors (Lipinski definition) is 3. The van der Waals surface area contributed by atoms with Crippen molar-refractivity contribution in [2.24, 2.45) is 4.99 Å². The number of nitrogens with one attached hydrogen (secondary N) is 2. The number of nitrogens with zero attached hydrogens (tertiary/aromatic N) is 2. The summed E-state index contributed by atoms with van der Waals surface area (Å²) in [4.78, 5) is 8.88. The highest BCUT2D eigenvalue weighted by molar-refractivity contribution is 7.09. The van der Waals surface area contributed by atoms with Crippen LogP contribution in [0, 0.1) is 0 Å². The fraction of sp³-hybridized carbons (Fsp3) is 0.714. The number of thiazole rings is 1. The summed E-state index contributed by atoms with van der Waals surface area (Å²) in [5, 5.41) is 9.93. The second-order valence-electron chi connectivity index (χ2n) is 5.77. The summed E-state index contributed by atoms with van der Waals surface area (Å²) >= 11 is 1.72. The molecular weight excluding hydrogens is 256 g/mol. The van der Waals surface area contributed by atoms with Gasteiger partial charge in [-0.3, -0.25) is 4.99 Å². The van der Waals surface area contributed by atoms with Crippen LogP contribution in [-0.4, -0.2) is 24.0 Å². The first-order valence-electron chi connectivity index (χ1n) is 6.79. The SMILES string of the molecule is CCC(C)NC(=NC)NCc1csc(C(C)(C)C)n1. The van der Waals surface area contributed by atoms with Crippen LogP contribution in [-0.2, 0) is 12.0 Å². The third-order valence-electron chi connectivity index (χ3n) is 2.85. The smallest absolute Gasteiger partial charge is 0.191 e. The Morgan fingerprint density at radius 2 is 2.16 bits per heavy atom. The lowest BCUT2D eigenvalue weighted by molar-refractivity contribution is 0.581. The Bertz CT molecular complexity index is 417. The molecule has 1 atom stereocenters. The molecule has 0 aliphatic rings. The third-order valence-corrected chi connectivity index (χ3v) is 4.17. The first kappa shape index (κ1) is 16.0. The van der Waals surface area contributed by atoms with E-state index < -0.39 is 0 Å². The molecule has 0 saturated carbocycles. The van der Waals surface area contributed by atoms with Gasteiger partial charge in [0.15, 0.2) is 5.96 Å². The van der Waals surface area contributed by atoms with Crippen LogP contribution in [0.5, 0.6) is 0 Å². The zero-order valence-corrected chi connectivity index (χ0v) is 13.7. The average molecular weight is 282 g/mol. The lowest BCUT2D eigenvalue weighted by atomic mass is 9.98. The minimum Gasteiger partial charge on any atom is -0.354 e. The van der Waals surface area contributed by atoms with E-state index >= 15 is 0 Å². The van der Waals surface area contributed by atoms with Crippen LogP contribution in [0.15, 0.2) is 10.4 Å². The fourth-order valence-electron chi connectivity index (χ4n) is 1.44. The van der Waals surface area contributed by atoms with E-state index in [-0.39, 0.29) is 5.41 Å². The second-order valence-corrected chi connectivity index (χ2v) is 6.63. The molecular formula is C14H26N4S. The molecule has 4 nitrogen and oxygen atoms in total. The lowest BCUT2D eigenvalue weighted by Gasteiger charge is -2.16. The quantitative estimate of drug-likeness (QED) is 0.659. The van der Waals surface area contributed by atoms with Crippen molar-refractivity contribution < 1.29 is 0 Å². The Kier molecular flexibility index (Phi) is 5.79. The average Bonchev–Trinajstić information content (AvgIpc) is 2.82. The molecule has 1 heterocycles. The van der Waals surface area contributed by atoms with Crippen molar-refractivity contribution in [1.29, 1.82) is 0 Å². The van der Waals surface area contributed by atoms with Crippen molar-refractivity contribution in [2.75, 3.05) is 7.05 Å². The van der Waals surface area contributed by atoms with Crippen molar-refractivity contribution in [1.82, 2.24) is 15.6 Å². The number of rotatable bonds is 4. The largest absolute Gasteiger partial charge is 0.354 e. The van der Waals surface area contributed by atoms with E-state index in [9.17, 15) is 0 Å². The second kappa shape index (κ2) is 6.89. The topological polar surface area (TPSA) is 49.3 Å². The predicted octanol–water partition coefficient (Wildman–Crippen LogP) is 2.90. The predicted molar refractivity (Wildman–Crippen MR) is 83.9 cm³/mol. The summed E-state index contributed by atoms with van der Waals surface area (Å²) in [6.45, 7) is 11.6. The standard InChI is InChI=1S/C14H26N4S/c1-7-10(2)17-13(15-6)16-8-11-9-19-12(18-11)14(3,4)5/h9-10H,7-8H2,1-6H3,(H2,15,16,17). The van der Waals surface area contributed by atoms with Crippen molar-refractivity contribution >= 4 is 17.3 Å². The fourth-order valence-corrected chi connectivity index (χ4v) is 2.34. The number of aliphatic imine (C=N–C) groups is 1. The van der Waals surface area contributed by atoms with Gasteiger partial charge in [0.25, 0.3) is 0 Å². The zero-order valence-electron chi connectivity index (χ0n) is 12.9. The number of hydrogen-bond donors (Lipinski definition) is 2. The molecule has 0 saturated heterocycles. The molecule has 19 heavy (non-hydrogen) atoms. The van der Waals surface area contributed by atoms with Crippen LogP contribution in [0.1, 0.15) is 51.7 Å². The van der Waals surface area contributed by atoms with Crippen molar-refractivity contribution in [3.05, 3.63) is 16.1 Å². The molecule has 0 radical (unpaired) electrons. The van der Waals surface area contributed by atoms with Crippen LogP contribution < -0.4 is 10.6 Å². The van der Waals surface area contributed by atoms with E-state index in [0.717, 1.165) is 18.1 Å². The molecule has 1 aromatic heterocycles. The van der Waals surface area contributed by atoms with Crippen LogP contribution >= 0.6 is 11.3 Å². The molecule has 0 spiro atoms. The van der Waals surface area contributed by atoms with Crippen molar-refractivity contribution in [3.63, 3.8) is 0 Å². The maximum Gasteiger partial charge on any atom is 0.191 e. The molecule has 0 amide bonds. The highest BCUT2D eigenvalue weighted by Gasteiger charge is 2.17. The van der Waals surface area contributed by atoms with Gasteiger partial charge in [0, 0.05) is 23.9 Å². The molecule has 0 aromatic carbocycles. The first-order valence-corrected chi connectivity index (χ1v) is 7.66. The van der Waals surface area contributed by atoms with Gasteiger partial charge in [-0.25, -0.2) is 4.98 Å². The molecule has 5 heteroatoms. The van der Waals surface area contributed by atoms with Crippen LogP contribution in [0.3, 0.4) is 0 Å². The van der Waals surface area contributed by atoms with Gasteiger partial charge in [0.2, 0.25) is 0 Å². The molecule has 1 unspecified atom stereocenters. The summed E-state index contributed by atoms with van der Waals surface area (Å²) < 4.78 is 0. The number of guanidine groups is 1. The van der Waals surface area contributed by atoms with Crippen LogP contribution in [0.4, 0.5) is 0 Å². The highest BCUT2D eigenvalue weighted by atomic mass is 32.1. The lowest BCUT2D eigenvalue weighted by Crippen LogP contribution is -2.41. The molecule has 2 N–H and O–H groups in total. The van der Waals surface area contributed by atoms with Gasteiger partial charge in [-0.15, -0.1) is 11.3 Å². The Morgan fingerprint density at radius 1 is 1.47 bits per heavy atom. The van der Waals surface area contributed by atoms with Gasteiger partial charge in [-0.1, -0.05) is 27.7 Å². The minimum atomic E-state index is 0.125. The Morgan fingerprint density at radius 3 is 2.63 bits per heavy atom. The van der Waals surface area contributed by atoms with E-state index in [4.69, 9.17) is 0 Å². The summed E-state index contributed by atoms with van der Waals surface area (Å²) in [6.07, 6.45) is 1.07. The number of aromatic nitrogens is 1. The van der Waals surface area contributed by atoms with Crippen molar-refractivity contribution in [2.45, 2.75) is 59.0 Å². The van der Waals surface area contributed by atoms with E-state index in [0.29, 0.717) is 12.6 Å². The van der Waals surface area contributed by atoms with E-state index in [1.807, 2.05) is 0 Å². The van der Waals surface area contributed by atoms with E-state index in [2.05, 4.69) is 60.6 Å². The van der Waals surface area contributed by atoms with Gasteiger partial charge in [-0.2, -0.15) is 0 Å². The molecule has 1 rings (SSSR count). The maximum absolute atomic E-state index is 4.66. The summed E-state index contributed by atoms with van der Waals surface area (Å²) in [7, 11) is 1.79. The zero-order chi connectivity index (χ0) is 14.5. The monoisotopic (exact) mass is 282 g/mol. The summed E-state index contributed by atoms with van der Waals surface area (Å²) in [5.74, 6) is 0.833. The summed E-state index contributed by atoms with van der Waals surface area (Å²) in [5.41, 5.74) is 1.20. The van der Waals surface area contributed by atoms with Crippen LogP contribution in [0.25, 0.3) is 0 Å². The maximum atomic E-state index is 4.66. The van der Waals surface area contributed by atoms with Crippen LogP contribution in [0.2, 0.25) is 0 Å². The normalized spacial score (nSPS) is 14.3. The van der Waals surface area contributed by atoms with Gasteiger partial charge >= 0.3 is 0 Å². The van der Waals surface area contributed by atoms with Gasteiger partial charge < -0.3 is 10.6 Å². The molecule has 0 fully saturated rings. The Labute approximate surface area is 120 Å². The molecule has 0 aliphatic carbocycles. The van der Waals surface area contributed by atoms with Gasteiger partial charge in [-0.05, 0) is 13.3 Å². The molecule has 0 bridgehead atoms. The molecule has 1 aromatic rings. The molecule has 0 aliphatic heterocycles. The van der Waals surface area contributed by atoms with E-state index in [1.165, 1.54) is 5.01 Å². The van der Waals surface area contributed by atoms with Gasteiger partial charge in [0.05, 0.1) is 17.2 Å². The summed E-state index contributed by atoms with van der Waals surface area (Å²) in [6, 6.07) is 0.423. The molecule has 108 valence electrons. The van der Waals surface area contributed by atoms with E-state index in [1.54, 1.807) is 18.4 Å². The third kappa shape index (κ3) is 5.19. The van der Waals surface area contributed by atoms with Gasteiger partial charge in [0.1, 0.15) is 0 Å². The highest BCUT2D eigenvalue weighted by Crippen LogP contribution is 2.25. The minimum absolute atomic E-state index is 0.125. The Balaban J connectivity index is 2.54. The Hall–Kier alpha value is -1.10. The van der Waals surface area contributed by atoms with Crippen molar-refractivity contribution in [3.8, 4) is 0 Å². The first-order chi connectivity index (χ1) is 8.86.